The highest BCUT2D eigenvalue weighted by atomic mass is 79.9. The third-order valence-corrected chi connectivity index (χ3v) is 3.49. The fraction of sp³-hybridized carbons (Fsp3) is 0.357. The Morgan fingerprint density at radius 3 is 2.68 bits per heavy atom. The number of rotatable bonds is 5. The van der Waals surface area contributed by atoms with Crippen LogP contribution >= 0.6 is 15.9 Å². The first kappa shape index (κ1) is 13.9. The van der Waals surface area contributed by atoms with Gasteiger partial charge in [0.25, 0.3) is 0 Å². The molecule has 0 atom stereocenters. The molecule has 0 spiro atoms. The highest BCUT2D eigenvalue weighted by Gasteiger charge is 2.07. The van der Waals surface area contributed by atoms with E-state index < -0.39 is 0 Å². The Labute approximate surface area is 121 Å². The van der Waals surface area contributed by atoms with Crippen molar-refractivity contribution in [1.29, 1.82) is 0 Å². The molecule has 4 nitrogen and oxygen atoms in total. The lowest BCUT2D eigenvalue weighted by Gasteiger charge is -2.11. The molecule has 2 rings (SSSR count). The highest BCUT2D eigenvalue weighted by molar-refractivity contribution is 9.08. The third-order valence-electron chi connectivity index (χ3n) is 2.89. The van der Waals surface area contributed by atoms with E-state index >= 15 is 0 Å². The standard InChI is InChI=1S/C14H17BrN2O2/c1-10-6-12(17(2)16-10)9-19-14-5-4-13(18-3)7-11(14)8-15/h4-7H,8-9H2,1-3H3. The molecule has 5 heteroatoms. The summed E-state index contributed by atoms with van der Waals surface area (Å²) in [5.74, 6) is 1.69. The van der Waals surface area contributed by atoms with E-state index in [0.717, 1.165) is 33.8 Å². The number of hydrogen-bond acceptors (Lipinski definition) is 3. The van der Waals surface area contributed by atoms with Crippen molar-refractivity contribution in [3.8, 4) is 11.5 Å². The van der Waals surface area contributed by atoms with Crippen molar-refractivity contribution in [2.45, 2.75) is 18.9 Å². The Kier molecular flexibility index (Phi) is 4.47. The second-order valence-electron chi connectivity index (χ2n) is 4.30. The van der Waals surface area contributed by atoms with Crippen LogP contribution in [0.3, 0.4) is 0 Å². The number of methoxy groups -OCH3 is 1. The fourth-order valence-electron chi connectivity index (χ4n) is 1.88. The molecule has 1 heterocycles. The predicted molar refractivity (Wildman–Crippen MR) is 77.9 cm³/mol. The predicted octanol–water partition coefficient (Wildman–Crippen LogP) is 3.21. The van der Waals surface area contributed by atoms with Crippen LogP contribution in [0.25, 0.3) is 0 Å². The van der Waals surface area contributed by atoms with Crippen molar-refractivity contribution in [3.05, 3.63) is 41.2 Å². The summed E-state index contributed by atoms with van der Waals surface area (Å²) in [6.07, 6.45) is 0. The molecule has 19 heavy (non-hydrogen) atoms. The summed E-state index contributed by atoms with van der Waals surface area (Å²) >= 11 is 3.46. The molecule has 0 radical (unpaired) electrons. The minimum Gasteiger partial charge on any atom is -0.497 e. The zero-order valence-electron chi connectivity index (χ0n) is 11.3. The summed E-state index contributed by atoms with van der Waals surface area (Å²) in [6, 6.07) is 7.82. The number of aryl methyl sites for hydroxylation is 2. The van der Waals surface area contributed by atoms with Crippen molar-refractivity contribution in [3.63, 3.8) is 0 Å². The average molecular weight is 325 g/mol. The van der Waals surface area contributed by atoms with Crippen LogP contribution in [-0.2, 0) is 19.0 Å². The van der Waals surface area contributed by atoms with Gasteiger partial charge >= 0.3 is 0 Å². The van der Waals surface area contributed by atoms with Crippen molar-refractivity contribution in [2.75, 3.05) is 7.11 Å². The number of nitrogens with zero attached hydrogens (tertiary/aromatic N) is 2. The quantitative estimate of drug-likeness (QED) is 0.792. The van der Waals surface area contributed by atoms with Crippen molar-refractivity contribution < 1.29 is 9.47 Å². The maximum absolute atomic E-state index is 5.86. The molecule has 1 aromatic heterocycles. The van der Waals surface area contributed by atoms with E-state index in [0.29, 0.717) is 6.61 Å². The van der Waals surface area contributed by atoms with Crippen molar-refractivity contribution in [2.24, 2.45) is 7.05 Å². The van der Waals surface area contributed by atoms with Crippen LogP contribution in [0.5, 0.6) is 11.5 Å². The van der Waals surface area contributed by atoms with E-state index in [1.54, 1.807) is 7.11 Å². The summed E-state index contributed by atoms with van der Waals surface area (Å²) in [7, 11) is 3.58. The molecule has 102 valence electrons. The Morgan fingerprint density at radius 2 is 2.11 bits per heavy atom. The van der Waals surface area contributed by atoms with Gasteiger partial charge in [-0.25, -0.2) is 0 Å². The third kappa shape index (κ3) is 3.29. The second-order valence-corrected chi connectivity index (χ2v) is 4.86. The van der Waals surface area contributed by atoms with Crippen LogP contribution in [0.1, 0.15) is 17.0 Å². The van der Waals surface area contributed by atoms with Gasteiger partial charge in [0.2, 0.25) is 0 Å². The number of benzene rings is 1. The van der Waals surface area contributed by atoms with Crippen LogP contribution in [0, 0.1) is 6.92 Å². The van der Waals surface area contributed by atoms with Gasteiger partial charge in [-0.3, -0.25) is 4.68 Å². The SMILES string of the molecule is COc1ccc(OCc2cc(C)nn2C)c(CBr)c1. The van der Waals surface area contributed by atoms with Crippen LogP contribution < -0.4 is 9.47 Å². The van der Waals surface area contributed by atoms with Crippen LogP contribution in [-0.4, -0.2) is 16.9 Å². The maximum atomic E-state index is 5.86. The van der Waals surface area contributed by atoms with Gasteiger partial charge in [0.15, 0.2) is 0 Å². The molecule has 0 fully saturated rings. The van der Waals surface area contributed by atoms with Gasteiger partial charge in [-0.1, -0.05) is 15.9 Å². The topological polar surface area (TPSA) is 36.3 Å². The largest absolute Gasteiger partial charge is 0.497 e. The fourth-order valence-corrected chi connectivity index (χ4v) is 2.32. The summed E-state index contributed by atoms with van der Waals surface area (Å²) in [5, 5.41) is 5.03. The molecule has 0 aliphatic heterocycles. The number of ether oxygens (including phenoxy) is 2. The zero-order valence-corrected chi connectivity index (χ0v) is 12.9. The summed E-state index contributed by atoms with van der Waals surface area (Å²) in [4.78, 5) is 0. The normalized spacial score (nSPS) is 10.5. The molecule has 0 aliphatic carbocycles. The van der Waals surface area contributed by atoms with E-state index in [1.807, 2.05) is 42.9 Å². The lowest BCUT2D eigenvalue weighted by Crippen LogP contribution is -2.04. The van der Waals surface area contributed by atoms with E-state index in [-0.39, 0.29) is 0 Å². The van der Waals surface area contributed by atoms with Crippen LogP contribution in [0.4, 0.5) is 0 Å². The number of hydrogen-bond donors (Lipinski definition) is 0. The van der Waals surface area contributed by atoms with E-state index in [2.05, 4.69) is 21.0 Å². The monoisotopic (exact) mass is 324 g/mol. The number of aromatic nitrogens is 2. The summed E-state index contributed by atoms with van der Waals surface area (Å²) in [5.41, 5.74) is 3.11. The van der Waals surface area contributed by atoms with E-state index in [4.69, 9.17) is 9.47 Å². The van der Waals surface area contributed by atoms with Gasteiger partial charge in [-0.05, 0) is 31.2 Å². The Morgan fingerprint density at radius 1 is 1.32 bits per heavy atom. The molecule has 0 saturated carbocycles. The first-order valence-electron chi connectivity index (χ1n) is 5.99. The second kappa shape index (κ2) is 6.10. The molecule has 2 aromatic rings. The average Bonchev–Trinajstić information content (AvgIpc) is 2.74. The van der Waals surface area contributed by atoms with Gasteiger partial charge in [-0.2, -0.15) is 5.10 Å². The van der Waals surface area contributed by atoms with Crippen LogP contribution in [0.2, 0.25) is 0 Å². The van der Waals surface area contributed by atoms with Crippen LogP contribution in [0.15, 0.2) is 24.3 Å². The lowest BCUT2D eigenvalue weighted by atomic mass is 10.2. The zero-order chi connectivity index (χ0) is 13.8. The molecule has 0 N–H and O–H groups in total. The molecule has 0 aliphatic rings. The number of halogens is 1. The van der Waals surface area contributed by atoms with Gasteiger partial charge < -0.3 is 9.47 Å². The van der Waals surface area contributed by atoms with E-state index in [9.17, 15) is 0 Å². The molecule has 0 bridgehead atoms. The highest BCUT2D eigenvalue weighted by Crippen LogP contribution is 2.26. The van der Waals surface area contributed by atoms with Gasteiger partial charge in [-0.15, -0.1) is 0 Å². The Balaban J connectivity index is 2.13. The molecular formula is C14H17BrN2O2. The van der Waals surface area contributed by atoms with Crippen molar-refractivity contribution in [1.82, 2.24) is 9.78 Å². The van der Waals surface area contributed by atoms with E-state index in [1.165, 1.54) is 0 Å². The van der Waals surface area contributed by atoms with Crippen molar-refractivity contribution >= 4 is 15.9 Å². The molecular weight excluding hydrogens is 308 g/mol. The summed E-state index contributed by atoms with van der Waals surface area (Å²) in [6.45, 7) is 2.48. The Bertz CT molecular complexity index is 567. The molecule has 0 saturated heterocycles. The minimum absolute atomic E-state index is 0.504. The smallest absolute Gasteiger partial charge is 0.130 e. The maximum Gasteiger partial charge on any atom is 0.130 e. The first-order valence-corrected chi connectivity index (χ1v) is 7.11. The Hall–Kier alpha value is -1.49. The number of alkyl halides is 1. The summed E-state index contributed by atoms with van der Waals surface area (Å²) < 4.78 is 12.9. The van der Waals surface area contributed by atoms with Gasteiger partial charge in [0.05, 0.1) is 18.5 Å². The van der Waals surface area contributed by atoms with Gasteiger partial charge in [0, 0.05) is 17.9 Å². The lowest BCUT2D eigenvalue weighted by molar-refractivity contribution is 0.292. The molecule has 0 unspecified atom stereocenters. The minimum atomic E-state index is 0.504. The first-order chi connectivity index (χ1) is 9.13. The molecule has 1 aromatic carbocycles. The van der Waals surface area contributed by atoms with Gasteiger partial charge in [0.1, 0.15) is 18.1 Å². The molecule has 0 amide bonds.